The molecular formula is C18H22FN3O. The van der Waals surface area contributed by atoms with Crippen molar-refractivity contribution < 1.29 is 9.18 Å². The average molecular weight is 315 g/mol. The van der Waals surface area contributed by atoms with E-state index >= 15 is 0 Å². The number of H-pyrrole nitrogens is 1. The molecule has 2 aromatic rings. The first-order valence-corrected chi connectivity index (χ1v) is 8.22. The number of aromatic amines is 1. The van der Waals surface area contributed by atoms with E-state index in [1.165, 1.54) is 12.1 Å². The summed E-state index contributed by atoms with van der Waals surface area (Å²) in [5.41, 5.74) is 3.43. The summed E-state index contributed by atoms with van der Waals surface area (Å²) in [5, 5.41) is 7.19. The van der Waals surface area contributed by atoms with E-state index in [2.05, 4.69) is 10.2 Å². The Morgan fingerprint density at radius 3 is 2.74 bits per heavy atom. The van der Waals surface area contributed by atoms with Gasteiger partial charge in [-0.05, 0) is 50.3 Å². The molecule has 1 atom stereocenters. The number of aryl methyl sites for hydroxylation is 1. The van der Waals surface area contributed by atoms with Gasteiger partial charge in [0.1, 0.15) is 5.82 Å². The Morgan fingerprint density at radius 1 is 1.35 bits per heavy atom. The van der Waals surface area contributed by atoms with Gasteiger partial charge in [0, 0.05) is 17.8 Å². The Hall–Kier alpha value is -2.17. The first-order chi connectivity index (χ1) is 11.1. The summed E-state index contributed by atoms with van der Waals surface area (Å²) in [5.74, 6) is -0.286. The lowest BCUT2D eigenvalue weighted by atomic mass is 9.94. The number of nitrogens with one attached hydrogen (secondary N) is 1. The van der Waals surface area contributed by atoms with Crippen LogP contribution in [0, 0.1) is 12.7 Å². The molecule has 1 aliphatic rings. The maximum absolute atomic E-state index is 13.2. The lowest BCUT2D eigenvalue weighted by Gasteiger charge is -2.35. The van der Waals surface area contributed by atoms with Crippen LogP contribution < -0.4 is 0 Å². The van der Waals surface area contributed by atoms with Crippen molar-refractivity contribution in [3.8, 4) is 0 Å². The normalized spacial score (nSPS) is 18.2. The van der Waals surface area contributed by atoms with Crippen molar-refractivity contribution in [3.63, 3.8) is 0 Å². The Balaban J connectivity index is 1.90. The number of nitrogens with zero attached hydrogens (tertiary/aromatic N) is 2. The number of likely N-dealkylation sites (tertiary alicyclic amines) is 1. The summed E-state index contributed by atoms with van der Waals surface area (Å²) >= 11 is 0. The molecule has 1 amide bonds. The molecule has 1 aromatic heterocycles. The molecule has 23 heavy (non-hydrogen) atoms. The first-order valence-electron chi connectivity index (χ1n) is 8.22. The standard InChI is InChI=1S/C18H22FN3O/c1-3-15-12(2)17(21-20-15)18(23)22-11-5-4-6-16(22)13-7-9-14(19)10-8-13/h7-10,16H,3-6,11H2,1-2H3,(H,20,21). The molecule has 1 unspecified atom stereocenters. The quantitative estimate of drug-likeness (QED) is 0.937. The second-order valence-corrected chi connectivity index (χ2v) is 6.09. The van der Waals surface area contributed by atoms with E-state index in [0.717, 1.165) is 42.5 Å². The number of aromatic nitrogens is 2. The summed E-state index contributed by atoms with van der Waals surface area (Å²) in [6.45, 7) is 4.69. The van der Waals surface area contributed by atoms with Gasteiger partial charge in [-0.2, -0.15) is 5.10 Å². The zero-order chi connectivity index (χ0) is 16.4. The third kappa shape index (κ3) is 3.00. The molecular weight excluding hydrogens is 293 g/mol. The highest BCUT2D eigenvalue weighted by molar-refractivity contribution is 5.94. The summed E-state index contributed by atoms with van der Waals surface area (Å²) in [4.78, 5) is 14.9. The summed E-state index contributed by atoms with van der Waals surface area (Å²) in [6, 6.07) is 6.47. The summed E-state index contributed by atoms with van der Waals surface area (Å²) < 4.78 is 13.2. The molecule has 1 aromatic carbocycles. The van der Waals surface area contributed by atoms with Gasteiger partial charge in [0.2, 0.25) is 0 Å². The van der Waals surface area contributed by atoms with Crippen LogP contribution in [0.5, 0.6) is 0 Å². The van der Waals surface area contributed by atoms with Crippen molar-refractivity contribution in [1.29, 1.82) is 0 Å². The van der Waals surface area contributed by atoms with E-state index in [9.17, 15) is 9.18 Å². The smallest absolute Gasteiger partial charge is 0.275 e. The number of piperidine rings is 1. The molecule has 0 aliphatic carbocycles. The van der Waals surface area contributed by atoms with E-state index in [0.29, 0.717) is 12.2 Å². The van der Waals surface area contributed by atoms with Crippen LogP contribution in [0.3, 0.4) is 0 Å². The van der Waals surface area contributed by atoms with E-state index in [1.54, 1.807) is 12.1 Å². The largest absolute Gasteiger partial charge is 0.330 e. The van der Waals surface area contributed by atoms with Crippen LogP contribution in [-0.4, -0.2) is 27.5 Å². The number of carbonyl (C=O) groups excluding carboxylic acids is 1. The fourth-order valence-corrected chi connectivity index (χ4v) is 3.33. The van der Waals surface area contributed by atoms with Crippen LogP contribution in [0.1, 0.15) is 59.5 Å². The fourth-order valence-electron chi connectivity index (χ4n) is 3.33. The molecule has 1 aliphatic heterocycles. The van der Waals surface area contributed by atoms with Gasteiger partial charge in [-0.25, -0.2) is 4.39 Å². The Labute approximate surface area is 135 Å². The first kappa shape index (κ1) is 15.7. The van der Waals surface area contributed by atoms with Crippen molar-refractivity contribution in [2.24, 2.45) is 0 Å². The highest BCUT2D eigenvalue weighted by Gasteiger charge is 2.31. The monoisotopic (exact) mass is 315 g/mol. The molecule has 5 heteroatoms. The molecule has 122 valence electrons. The van der Waals surface area contributed by atoms with Gasteiger partial charge in [-0.3, -0.25) is 9.89 Å². The predicted octanol–water partition coefficient (Wildman–Crippen LogP) is 3.79. The Morgan fingerprint density at radius 2 is 2.09 bits per heavy atom. The van der Waals surface area contributed by atoms with Crippen LogP contribution in [0.2, 0.25) is 0 Å². The number of amides is 1. The second-order valence-electron chi connectivity index (χ2n) is 6.09. The summed E-state index contributed by atoms with van der Waals surface area (Å²) in [6.07, 6.45) is 3.80. The van der Waals surface area contributed by atoms with Crippen molar-refractivity contribution in [2.75, 3.05) is 6.54 Å². The van der Waals surface area contributed by atoms with Gasteiger partial charge < -0.3 is 4.90 Å². The van der Waals surface area contributed by atoms with Crippen LogP contribution >= 0.6 is 0 Å². The highest BCUT2D eigenvalue weighted by atomic mass is 19.1. The lowest BCUT2D eigenvalue weighted by Crippen LogP contribution is -2.39. The van der Waals surface area contributed by atoms with Crippen molar-refractivity contribution in [1.82, 2.24) is 15.1 Å². The topological polar surface area (TPSA) is 49.0 Å². The molecule has 0 radical (unpaired) electrons. The number of carbonyl (C=O) groups is 1. The van der Waals surface area contributed by atoms with Crippen molar-refractivity contribution >= 4 is 5.91 Å². The van der Waals surface area contributed by atoms with Gasteiger partial charge >= 0.3 is 0 Å². The second kappa shape index (κ2) is 6.52. The van der Waals surface area contributed by atoms with Crippen LogP contribution in [0.4, 0.5) is 4.39 Å². The van der Waals surface area contributed by atoms with Gasteiger partial charge in [0.15, 0.2) is 5.69 Å². The molecule has 1 N–H and O–H groups in total. The maximum atomic E-state index is 13.2. The molecule has 0 saturated carbocycles. The number of hydrogen-bond acceptors (Lipinski definition) is 2. The van der Waals surface area contributed by atoms with Gasteiger partial charge in [-0.1, -0.05) is 19.1 Å². The van der Waals surface area contributed by atoms with E-state index in [1.807, 2.05) is 18.7 Å². The average Bonchev–Trinajstić information content (AvgIpc) is 2.95. The SMILES string of the molecule is CCc1[nH]nc(C(=O)N2CCCCC2c2ccc(F)cc2)c1C. The number of halogens is 1. The predicted molar refractivity (Wildman–Crippen MR) is 86.7 cm³/mol. The Bertz CT molecular complexity index is 693. The highest BCUT2D eigenvalue weighted by Crippen LogP contribution is 2.32. The molecule has 2 heterocycles. The minimum atomic E-state index is -0.252. The number of hydrogen-bond donors (Lipinski definition) is 1. The van der Waals surface area contributed by atoms with Gasteiger partial charge in [0.05, 0.1) is 6.04 Å². The van der Waals surface area contributed by atoms with Gasteiger partial charge in [0.25, 0.3) is 5.91 Å². The van der Waals surface area contributed by atoms with Crippen LogP contribution in [-0.2, 0) is 6.42 Å². The van der Waals surface area contributed by atoms with E-state index < -0.39 is 0 Å². The molecule has 4 nitrogen and oxygen atoms in total. The number of benzene rings is 1. The third-order valence-electron chi connectivity index (χ3n) is 4.69. The molecule has 0 spiro atoms. The third-order valence-corrected chi connectivity index (χ3v) is 4.69. The van der Waals surface area contributed by atoms with E-state index in [4.69, 9.17) is 0 Å². The Kier molecular flexibility index (Phi) is 4.46. The number of rotatable bonds is 3. The van der Waals surface area contributed by atoms with Crippen LogP contribution in [0.15, 0.2) is 24.3 Å². The molecule has 1 fully saturated rings. The van der Waals surface area contributed by atoms with Crippen molar-refractivity contribution in [2.45, 2.75) is 45.6 Å². The fraction of sp³-hybridized carbons (Fsp3) is 0.444. The maximum Gasteiger partial charge on any atom is 0.275 e. The van der Waals surface area contributed by atoms with E-state index in [-0.39, 0.29) is 17.8 Å². The summed E-state index contributed by atoms with van der Waals surface area (Å²) in [7, 11) is 0. The molecule has 3 rings (SSSR count). The zero-order valence-electron chi connectivity index (χ0n) is 13.6. The minimum absolute atomic E-state index is 0.00183. The molecule has 1 saturated heterocycles. The lowest BCUT2D eigenvalue weighted by molar-refractivity contribution is 0.0604. The minimum Gasteiger partial charge on any atom is -0.330 e. The van der Waals surface area contributed by atoms with Crippen LogP contribution in [0.25, 0.3) is 0 Å². The van der Waals surface area contributed by atoms with Crippen molar-refractivity contribution in [3.05, 3.63) is 52.6 Å². The van der Waals surface area contributed by atoms with Gasteiger partial charge in [-0.15, -0.1) is 0 Å². The zero-order valence-corrected chi connectivity index (χ0v) is 13.6. The molecule has 0 bridgehead atoms.